The topological polar surface area (TPSA) is 42.0 Å². The summed E-state index contributed by atoms with van der Waals surface area (Å²) in [4.78, 5) is 16.7. The van der Waals surface area contributed by atoms with Gasteiger partial charge in [0.05, 0.1) is 5.69 Å². The first-order valence-electron chi connectivity index (χ1n) is 6.70. The number of anilines is 1. The Morgan fingerprint density at radius 3 is 2.91 bits per heavy atom. The largest absolute Gasteiger partial charge is 0.322 e. The second kappa shape index (κ2) is 6.30. The van der Waals surface area contributed by atoms with Crippen LogP contribution in [0.15, 0.2) is 53.4 Å². The Morgan fingerprint density at radius 1 is 1.27 bits per heavy atom. The highest BCUT2D eigenvalue weighted by molar-refractivity contribution is 7.08. The van der Waals surface area contributed by atoms with Crippen LogP contribution in [0.2, 0.25) is 5.02 Å². The van der Waals surface area contributed by atoms with E-state index in [1.165, 1.54) is 0 Å². The molecule has 5 heteroatoms. The molecule has 3 aromatic rings. The van der Waals surface area contributed by atoms with Crippen LogP contribution < -0.4 is 5.32 Å². The van der Waals surface area contributed by atoms with Gasteiger partial charge in [-0.05, 0) is 48.2 Å². The number of thiophene rings is 1. The summed E-state index contributed by atoms with van der Waals surface area (Å²) in [6, 6.07) is 10.9. The molecule has 0 unspecified atom stereocenters. The molecule has 22 heavy (non-hydrogen) atoms. The predicted molar refractivity (Wildman–Crippen MR) is 91.7 cm³/mol. The van der Waals surface area contributed by atoms with Gasteiger partial charge in [-0.1, -0.05) is 17.7 Å². The number of carbonyl (C=O) groups excluding carboxylic acids is 1. The molecule has 0 spiro atoms. The molecular weight excluding hydrogens is 316 g/mol. The van der Waals surface area contributed by atoms with Gasteiger partial charge in [0.2, 0.25) is 0 Å². The fourth-order valence-electron chi connectivity index (χ4n) is 2.08. The Kier molecular flexibility index (Phi) is 4.22. The van der Waals surface area contributed by atoms with E-state index in [2.05, 4.69) is 10.3 Å². The Hall–Kier alpha value is -2.17. The summed E-state index contributed by atoms with van der Waals surface area (Å²) < 4.78 is 0. The molecule has 2 heterocycles. The van der Waals surface area contributed by atoms with Crippen molar-refractivity contribution >= 4 is 34.5 Å². The Morgan fingerprint density at radius 2 is 2.14 bits per heavy atom. The first-order chi connectivity index (χ1) is 10.6. The number of rotatable bonds is 3. The summed E-state index contributed by atoms with van der Waals surface area (Å²) in [6.45, 7) is 1.88. The lowest BCUT2D eigenvalue weighted by atomic mass is 10.1. The zero-order valence-electron chi connectivity index (χ0n) is 11.8. The summed E-state index contributed by atoms with van der Waals surface area (Å²) in [5.41, 5.74) is 3.93. The number of carbonyl (C=O) groups is 1. The number of hydrogen-bond donors (Lipinski definition) is 1. The molecule has 0 saturated carbocycles. The molecule has 110 valence electrons. The second-order valence-corrected chi connectivity index (χ2v) is 6.00. The van der Waals surface area contributed by atoms with Crippen molar-refractivity contribution in [2.75, 3.05) is 5.32 Å². The molecule has 1 N–H and O–H groups in total. The van der Waals surface area contributed by atoms with Crippen LogP contribution in [-0.4, -0.2) is 10.9 Å². The highest BCUT2D eigenvalue weighted by atomic mass is 35.5. The summed E-state index contributed by atoms with van der Waals surface area (Å²) in [5.74, 6) is -0.177. The van der Waals surface area contributed by atoms with Crippen LogP contribution in [0.25, 0.3) is 11.3 Å². The summed E-state index contributed by atoms with van der Waals surface area (Å²) in [6.07, 6.45) is 1.65. The average molecular weight is 329 g/mol. The normalized spacial score (nSPS) is 10.5. The molecule has 2 aromatic heterocycles. The van der Waals surface area contributed by atoms with Crippen molar-refractivity contribution < 1.29 is 4.79 Å². The summed E-state index contributed by atoms with van der Waals surface area (Å²) >= 11 is 7.68. The van der Waals surface area contributed by atoms with Gasteiger partial charge >= 0.3 is 0 Å². The average Bonchev–Trinajstić information content (AvgIpc) is 3.06. The lowest BCUT2D eigenvalue weighted by Gasteiger charge is -2.10. The van der Waals surface area contributed by atoms with E-state index in [-0.39, 0.29) is 5.91 Å². The maximum absolute atomic E-state index is 12.4. The number of nitrogens with one attached hydrogen (secondary N) is 1. The van der Waals surface area contributed by atoms with Crippen molar-refractivity contribution in [2.45, 2.75) is 6.92 Å². The third-order valence-electron chi connectivity index (χ3n) is 3.35. The molecular formula is C17H13ClN2OS. The molecule has 1 amide bonds. The van der Waals surface area contributed by atoms with Crippen LogP contribution in [0.5, 0.6) is 0 Å². The monoisotopic (exact) mass is 328 g/mol. The van der Waals surface area contributed by atoms with Gasteiger partial charge in [0.1, 0.15) is 0 Å². The molecule has 0 saturated heterocycles. The Labute approximate surface area is 137 Å². The van der Waals surface area contributed by atoms with Crippen LogP contribution in [0.3, 0.4) is 0 Å². The van der Waals surface area contributed by atoms with Crippen LogP contribution in [-0.2, 0) is 0 Å². The third kappa shape index (κ3) is 3.03. The zero-order valence-corrected chi connectivity index (χ0v) is 13.4. The Balaban J connectivity index is 1.87. The predicted octanol–water partition coefficient (Wildman–Crippen LogP) is 5.02. The minimum absolute atomic E-state index is 0.177. The van der Waals surface area contributed by atoms with Gasteiger partial charge in [0, 0.05) is 33.4 Å². The smallest absolute Gasteiger partial charge is 0.255 e. The van der Waals surface area contributed by atoms with Gasteiger partial charge in [-0.25, -0.2) is 0 Å². The van der Waals surface area contributed by atoms with Gasteiger partial charge < -0.3 is 5.32 Å². The van der Waals surface area contributed by atoms with Crippen LogP contribution >= 0.6 is 22.9 Å². The SMILES string of the molecule is Cc1c(Cl)cccc1NC(=O)c1ccnc(-c2ccsc2)c1. The van der Waals surface area contributed by atoms with E-state index in [1.807, 2.05) is 35.9 Å². The molecule has 3 nitrogen and oxygen atoms in total. The second-order valence-electron chi connectivity index (χ2n) is 4.81. The van der Waals surface area contributed by atoms with Gasteiger partial charge in [-0.15, -0.1) is 0 Å². The first-order valence-corrected chi connectivity index (χ1v) is 8.02. The van der Waals surface area contributed by atoms with Crippen molar-refractivity contribution in [3.8, 4) is 11.3 Å². The first kappa shape index (κ1) is 14.8. The maximum Gasteiger partial charge on any atom is 0.255 e. The van der Waals surface area contributed by atoms with Gasteiger partial charge in [0.25, 0.3) is 5.91 Å². The molecule has 0 aliphatic heterocycles. The van der Waals surface area contributed by atoms with E-state index >= 15 is 0 Å². The summed E-state index contributed by atoms with van der Waals surface area (Å²) in [7, 11) is 0. The molecule has 0 aliphatic carbocycles. The maximum atomic E-state index is 12.4. The molecule has 0 fully saturated rings. The number of halogens is 1. The van der Waals surface area contributed by atoms with Gasteiger partial charge in [-0.3, -0.25) is 9.78 Å². The van der Waals surface area contributed by atoms with Gasteiger partial charge in [-0.2, -0.15) is 11.3 Å². The molecule has 0 atom stereocenters. The fraction of sp³-hybridized carbons (Fsp3) is 0.0588. The molecule has 0 radical (unpaired) electrons. The summed E-state index contributed by atoms with van der Waals surface area (Å²) in [5, 5.41) is 7.51. The van der Waals surface area contributed by atoms with Crippen molar-refractivity contribution in [3.05, 3.63) is 69.5 Å². The minimum Gasteiger partial charge on any atom is -0.322 e. The van der Waals surface area contributed by atoms with Crippen molar-refractivity contribution in [1.29, 1.82) is 0 Å². The lowest BCUT2D eigenvalue weighted by Crippen LogP contribution is -2.13. The number of benzene rings is 1. The van der Waals surface area contributed by atoms with Crippen LogP contribution in [0.1, 0.15) is 15.9 Å². The van der Waals surface area contributed by atoms with Crippen molar-refractivity contribution in [1.82, 2.24) is 4.98 Å². The van der Waals surface area contributed by atoms with E-state index in [0.717, 1.165) is 16.8 Å². The lowest BCUT2D eigenvalue weighted by molar-refractivity contribution is 0.102. The number of hydrogen-bond acceptors (Lipinski definition) is 3. The van der Waals surface area contributed by atoms with Crippen LogP contribution in [0.4, 0.5) is 5.69 Å². The highest BCUT2D eigenvalue weighted by Gasteiger charge is 2.11. The number of nitrogens with zero attached hydrogens (tertiary/aromatic N) is 1. The van der Waals surface area contributed by atoms with Crippen molar-refractivity contribution in [3.63, 3.8) is 0 Å². The minimum atomic E-state index is -0.177. The zero-order chi connectivity index (χ0) is 15.5. The van der Waals surface area contributed by atoms with E-state index in [9.17, 15) is 4.79 Å². The molecule has 1 aromatic carbocycles. The number of aromatic nitrogens is 1. The number of amides is 1. The van der Waals surface area contributed by atoms with E-state index in [4.69, 9.17) is 11.6 Å². The highest BCUT2D eigenvalue weighted by Crippen LogP contribution is 2.24. The van der Waals surface area contributed by atoms with Crippen LogP contribution in [0, 0.1) is 6.92 Å². The van der Waals surface area contributed by atoms with E-state index in [0.29, 0.717) is 16.3 Å². The van der Waals surface area contributed by atoms with E-state index < -0.39 is 0 Å². The van der Waals surface area contributed by atoms with Gasteiger partial charge in [0.15, 0.2) is 0 Å². The molecule has 0 bridgehead atoms. The standard InChI is InChI=1S/C17H13ClN2OS/c1-11-14(18)3-2-4-15(11)20-17(21)12-5-7-19-16(9-12)13-6-8-22-10-13/h2-10H,1H3,(H,20,21). The van der Waals surface area contributed by atoms with Crippen molar-refractivity contribution in [2.24, 2.45) is 0 Å². The third-order valence-corrected chi connectivity index (χ3v) is 4.45. The van der Waals surface area contributed by atoms with E-state index in [1.54, 1.807) is 35.7 Å². The quantitative estimate of drug-likeness (QED) is 0.733. The molecule has 0 aliphatic rings. The number of pyridine rings is 1. The molecule has 3 rings (SSSR count). The Bertz CT molecular complexity index is 815. The fourth-order valence-corrected chi connectivity index (χ4v) is 2.90.